The number of imidazole rings is 1. The standard InChI is InChI=1S/C15H16N6O/c22-15(10-4-3-5-11-13(10)17-8-16-11)21-7-2-1-6-12(21)14-18-9-19-20-14/h3-5,8-9,12H,1-2,6-7H2,(H,16,17)(H,18,19,20)/t12-/m0/s1. The van der Waals surface area contributed by atoms with Crippen LogP contribution in [0.5, 0.6) is 0 Å². The number of nitrogens with one attached hydrogen (secondary N) is 2. The summed E-state index contributed by atoms with van der Waals surface area (Å²) < 4.78 is 0. The van der Waals surface area contributed by atoms with Crippen LogP contribution in [0, 0.1) is 0 Å². The van der Waals surface area contributed by atoms with Gasteiger partial charge in [0.15, 0.2) is 0 Å². The van der Waals surface area contributed by atoms with E-state index in [1.54, 1.807) is 6.33 Å². The molecule has 0 unspecified atom stereocenters. The lowest BCUT2D eigenvalue weighted by Gasteiger charge is -2.34. The number of carbonyl (C=O) groups excluding carboxylic acids is 1. The molecule has 22 heavy (non-hydrogen) atoms. The molecule has 112 valence electrons. The lowest BCUT2D eigenvalue weighted by atomic mass is 10.00. The summed E-state index contributed by atoms with van der Waals surface area (Å²) in [5, 5.41) is 6.81. The molecule has 1 aliphatic heterocycles. The quantitative estimate of drug-likeness (QED) is 0.757. The van der Waals surface area contributed by atoms with Crippen molar-refractivity contribution >= 4 is 16.9 Å². The van der Waals surface area contributed by atoms with Crippen LogP contribution in [-0.4, -0.2) is 42.5 Å². The summed E-state index contributed by atoms with van der Waals surface area (Å²) in [5.74, 6) is 0.751. The molecule has 7 nitrogen and oxygen atoms in total. The summed E-state index contributed by atoms with van der Waals surface area (Å²) in [6.07, 6.45) is 6.10. The van der Waals surface area contributed by atoms with Gasteiger partial charge in [-0.25, -0.2) is 9.97 Å². The third-order valence-corrected chi connectivity index (χ3v) is 4.19. The van der Waals surface area contributed by atoms with E-state index in [1.165, 1.54) is 6.33 Å². The molecular formula is C15H16N6O. The van der Waals surface area contributed by atoms with Gasteiger partial charge in [0.1, 0.15) is 17.7 Å². The van der Waals surface area contributed by atoms with E-state index in [0.717, 1.165) is 42.7 Å². The molecule has 1 aromatic carbocycles. The molecule has 0 aliphatic carbocycles. The van der Waals surface area contributed by atoms with Gasteiger partial charge in [-0.1, -0.05) is 6.07 Å². The van der Waals surface area contributed by atoms with E-state index < -0.39 is 0 Å². The van der Waals surface area contributed by atoms with Gasteiger partial charge >= 0.3 is 0 Å². The molecule has 4 rings (SSSR count). The Bertz CT molecular complexity index is 793. The Kier molecular flexibility index (Phi) is 3.10. The fraction of sp³-hybridized carbons (Fsp3) is 0.333. The number of fused-ring (bicyclic) bond motifs is 1. The predicted octanol–water partition coefficient (Wildman–Crippen LogP) is 2.05. The summed E-state index contributed by atoms with van der Waals surface area (Å²) in [6.45, 7) is 0.727. The lowest BCUT2D eigenvalue weighted by molar-refractivity contribution is 0.0602. The second kappa shape index (κ2) is 5.25. The molecule has 1 aliphatic rings. The highest BCUT2D eigenvalue weighted by molar-refractivity contribution is 6.04. The molecule has 1 saturated heterocycles. The van der Waals surface area contributed by atoms with E-state index in [0.29, 0.717) is 5.56 Å². The molecule has 1 atom stereocenters. The second-order valence-electron chi connectivity index (χ2n) is 5.49. The Balaban J connectivity index is 1.72. The van der Waals surface area contributed by atoms with Crippen LogP contribution >= 0.6 is 0 Å². The zero-order valence-corrected chi connectivity index (χ0v) is 12.0. The molecule has 0 bridgehead atoms. The highest BCUT2D eigenvalue weighted by Gasteiger charge is 2.31. The summed E-state index contributed by atoms with van der Waals surface area (Å²) >= 11 is 0. The largest absolute Gasteiger partial charge is 0.345 e. The van der Waals surface area contributed by atoms with E-state index in [4.69, 9.17) is 0 Å². The number of piperidine rings is 1. The summed E-state index contributed by atoms with van der Waals surface area (Å²) in [6, 6.07) is 5.58. The van der Waals surface area contributed by atoms with E-state index in [-0.39, 0.29) is 11.9 Å². The van der Waals surface area contributed by atoms with E-state index in [2.05, 4.69) is 25.1 Å². The van der Waals surface area contributed by atoms with Gasteiger partial charge in [0.05, 0.1) is 23.4 Å². The third kappa shape index (κ3) is 2.05. The number of aromatic nitrogens is 5. The molecule has 0 radical (unpaired) electrons. The van der Waals surface area contributed by atoms with Gasteiger partial charge in [0.2, 0.25) is 0 Å². The number of nitrogens with zero attached hydrogens (tertiary/aromatic N) is 4. The predicted molar refractivity (Wildman–Crippen MR) is 80.1 cm³/mol. The Hall–Kier alpha value is -2.70. The first-order valence-electron chi connectivity index (χ1n) is 7.43. The molecule has 1 fully saturated rings. The van der Waals surface area contributed by atoms with Crippen molar-refractivity contribution in [1.82, 2.24) is 30.0 Å². The van der Waals surface area contributed by atoms with E-state index in [1.807, 2.05) is 23.1 Å². The van der Waals surface area contributed by atoms with Crippen molar-refractivity contribution in [3.8, 4) is 0 Å². The molecule has 3 heterocycles. The molecule has 7 heteroatoms. The zero-order chi connectivity index (χ0) is 14.9. The number of H-pyrrole nitrogens is 2. The molecule has 0 spiro atoms. The lowest BCUT2D eigenvalue weighted by Crippen LogP contribution is -2.39. The first-order valence-corrected chi connectivity index (χ1v) is 7.43. The monoisotopic (exact) mass is 296 g/mol. The fourth-order valence-electron chi connectivity index (χ4n) is 3.13. The minimum Gasteiger partial charge on any atom is -0.345 e. The smallest absolute Gasteiger partial charge is 0.256 e. The van der Waals surface area contributed by atoms with Gasteiger partial charge in [-0.3, -0.25) is 9.89 Å². The van der Waals surface area contributed by atoms with Crippen molar-refractivity contribution in [2.45, 2.75) is 25.3 Å². The van der Waals surface area contributed by atoms with Gasteiger partial charge in [0.25, 0.3) is 5.91 Å². The number of carbonyl (C=O) groups is 1. The molecule has 3 aromatic rings. The van der Waals surface area contributed by atoms with Crippen molar-refractivity contribution in [3.63, 3.8) is 0 Å². The van der Waals surface area contributed by atoms with Crippen LogP contribution in [0.1, 0.15) is 41.5 Å². The zero-order valence-electron chi connectivity index (χ0n) is 12.0. The van der Waals surface area contributed by atoms with E-state index >= 15 is 0 Å². The highest BCUT2D eigenvalue weighted by Crippen LogP contribution is 2.30. The van der Waals surface area contributed by atoms with Gasteiger partial charge in [-0.2, -0.15) is 5.10 Å². The average molecular weight is 296 g/mol. The molecule has 0 saturated carbocycles. The second-order valence-corrected chi connectivity index (χ2v) is 5.49. The van der Waals surface area contributed by atoms with Crippen LogP contribution < -0.4 is 0 Å². The van der Waals surface area contributed by atoms with Crippen molar-refractivity contribution < 1.29 is 4.79 Å². The maximum atomic E-state index is 13.0. The maximum absolute atomic E-state index is 13.0. The average Bonchev–Trinajstić information content (AvgIpc) is 3.25. The van der Waals surface area contributed by atoms with Gasteiger partial charge < -0.3 is 9.88 Å². The van der Waals surface area contributed by atoms with Gasteiger partial charge in [0, 0.05) is 6.54 Å². The summed E-state index contributed by atoms with van der Waals surface area (Å²) in [5.41, 5.74) is 2.22. The third-order valence-electron chi connectivity index (χ3n) is 4.19. The minimum atomic E-state index is -0.0436. The first kappa shape index (κ1) is 13.0. The molecular weight excluding hydrogens is 280 g/mol. The minimum absolute atomic E-state index is 0.00111. The van der Waals surface area contributed by atoms with Crippen molar-refractivity contribution in [2.75, 3.05) is 6.54 Å². The molecule has 2 aromatic heterocycles. The van der Waals surface area contributed by atoms with Crippen LogP contribution in [0.2, 0.25) is 0 Å². The topological polar surface area (TPSA) is 90.6 Å². The Labute approximate surface area is 126 Å². The van der Waals surface area contributed by atoms with Gasteiger partial charge in [-0.05, 0) is 31.4 Å². The van der Waals surface area contributed by atoms with Crippen LogP contribution in [0.4, 0.5) is 0 Å². The van der Waals surface area contributed by atoms with E-state index in [9.17, 15) is 4.79 Å². The van der Waals surface area contributed by atoms with Crippen molar-refractivity contribution in [3.05, 3.63) is 42.2 Å². The summed E-state index contributed by atoms with van der Waals surface area (Å²) in [7, 11) is 0. The van der Waals surface area contributed by atoms with Crippen LogP contribution in [0.3, 0.4) is 0 Å². The number of para-hydroxylation sites is 1. The Morgan fingerprint density at radius 2 is 2.23 bits per heavy atom. The molecule has 2 N–H and O–H groups in total. The maximum Gasteiger partial charge on any atom is 0.256 e. The Morgan fingerprint density at radius 3 is 3.09 bits per heavy atom. The number of rotatable bonds is 2. The summed E-state index contributed by atoms with van der Waals surface area (Å²) in [4.78, 5) is 26.5. The number of benzene rings is 1. The molecule has 1 amide bonds. The number of likely N-dealkylation sites (tertiary alicyclic amines) is 1. The number of hydrogen-bond acceptors (Lipinski definition) is 4. The van der Waals surface area contributed by atoms with Crippen molar-refractivity contribution in [2.24, 2.45) is 0 Å². The highest BCUT2D eigenvalue weighted by atomic mass is 16.2. The first-order chi connectivity index (χ1) is 10.8. The SMILES string of the molecule is O=C(c1cccc2[nH]cnc12)N1CCCC[C@H]1c1ncn[nH]1. The number of hydrogen-bond donors (Lipinski definition) is 2. The fourth-order valence-corrected chi connectivity index (χ4v) is 3.13. The van der Waals surface area contributed by atoms with Crippen LogP contribution in [0.15, 0.2) is 30.9 Å². The normalized spacial score (nSPS) is 18.7. The van der Waals surface area contributed by atoms with Crippen molar-refractivity contribution in [1.29, 1.82) is 0 Å². The Morgan fingerprint density at radius 1 is 1.27 bits per heavy atom. The van der Waals surface area contributed by atoms with Gasteiger partial charge in [-0.15, -0.1) is 0 Å². The van der Waals surface area contributed by atoms with Crippen LogP contribution in [0.25, 0.3) is 11.0 Å². The number of aromatic amines is 2. The number of amides is 1. The van der Waals surface area contributed by atoms with Crippen LogP contribution in [-0.2, 0) is 0 Å².